The van der Waals surface area contributed by atoms with Crippen LogP contribution < -0.4 is 0 Å². The van der Waals surface area contributed by atoms with Gasteiger partial charge in [-0.2, -0.15) is 4.37 Å². The van der Waals surface area contributed by atoms with Gasteiger partial charge in [-0.25, -0.2) is 0 Å². The first-order chi connectivity index (χ1) is 5.42. The Morgan fingerprint density at radius 2 is 2.36 bits per heavy atom. The molecule has 1 N–H and O–H groups in total. The average Bonchev–Trinajstić information content (AvgIpc) is 2.50. The van der Waals surface area contributed by atoms with E-state index in [0.29, 0.717) is 0 Å². The van der Waals surface area contributed by atoms with Crippen LogP contribution in [0, 0.1) is 0 Å². The Balaban J connectivity index is 2.79. The van der Waals surface area contributed by atoms with Crippen molar-refractivity contribution in [3.63, 3.8) is 0 Å². The van der Waals surface area contributed by atoms with Crippen molar-refractivity contribution in [3.8, 4) is 0 Å². The Bertz CT molecular complexity index is 369. The topological polar surface area (TPSA) is 33.1 Å². The van der Waals surface area contributed by atoms with Gasteiger partial charge in [0.2, 0.25) is 0 Å². The largest absolute Gasteiger partial charge is 0.392 e. The summed E-state index contributed by atoms with van der Waals surface area (Å²) < 4.78 is 5.18. The highest BCUT2D eigenvalue weighted by Crippen LogP contribution is 2.21. The number of nitrogens with zero attached hydrogens (tertiary/aromatic N) is 1. The molecule has 0 aliphatic rings. The molecule has 1 aromatic heterocycles. The lowest BCUT2D eigenvalue weighted by Crippen LogP contribution is -1.81. The van der Waals surface area contributed by atoms with E-state index in [2.05, 4.69) is 4.37 Å². The zero-order chi connectivity index (χ0) is 7.68. The molecule has 1 aromatic carbocycles. The summed E-state index contributed by atoms with van der Waals surface area (Å²) in [5, 5.41) is 10.0. The molecule has 0 fully saturated rings. The number of aliphatic hydroxyl groups excluding tert-OH is 1. The van der Waals surface area contributed by atoms with Gasteiger partial charge >= 0.3 is 0 Å². The van der Waals surface area contributed by atoms with Gasteiger partial charge < -0.3 is 5.11 Å². The number of hydrogen-bond donors (Lipinski definition) is 1. The Morgan fingerprint density at radius 3 is 3.18 bits per heavy atom. The number of hydrogen-bond acceptors (Lipinski definition) is 3. The van der Waals surface area contributed by atoms with Gasteiger partial charge in [-0.3, -0.25) is 0 Å². The van der Waals surface area contributed by atoms with Crippen molar-refractivity contribution in [2.24, 2.45) is 0 Å². The molecule has 3 heteroatoms. The van der Waals surface area contributed by atoms with Gasteiger partial charge in [-0.05, 0) is 23.2 Å². The maximum Gasteiger partial charge on any atom is 0.0688 e. The summed E-state index contributed by atoms with van der Waals surface area (Å²) in [6.07, 6.45) is 1.80. The van der Waals surface area contributed by atoms with Gasteiger partial charge in [0, 0.05) is 11.6 Å². The lowest BCUT2D eigenvalue weighted by Gasteiger charge is -1.94. The highest BCUT2D eigenvalue weighted by molar-refractivity contribution is 7.13. The van der Waals surface area contributed by atoms with Gasteiger partial charge in [-0.15, -0.1) is 0 Å². The van der Waals surface area contributed by atoms with Crippen molar-refractivity contribution in [2.45, 2.75) is 6.61 Å². The summed E-state index contributed by atoms with van der Waals surface area (Å²) in [6.45, 7) is 0.0930. The molecule has 0 saturated carbocycles. The number of benzene rings is 1. The van der Waals surface area contributed by atoms with Crippen molar-refractivity contribution in [2.75, 3.05) is 0 Å². The molecule has 11 heavy (non-hydrogen) atoms. The minimum Gasteiger partial charge on any atom is -0.392 e. The predicted octanol–water partition coefficient (Wildman–Crippen LogP) is 1.79. The smallest absolute Gasteiger partial charge is 0.0688 e. The van der Waals surface area contributed by atoms with Crippen LogP contribution in [0.25, 0.3) is 10.1 Å². The van der Waals surface area contributed by atoms with Crippen LogP contribution in [0.1, 0.15) is 5.56 Å². The Morgan fingerprint density at radius 1 is 1.45 bits per heavy atom. The normalized spacial score (nSPS) is 10.6. The maximum atomic E-state index is 8.93. The first-order valence-corrected chi connectivity index (χ1v) is 4.12. The number of aliphatic hydroxyl groups is 1. The van der Waals surface area contributed by atoms with E-state index in [1.807, 2.05) is 18.2 Å². The molecule has 1 heterocycles. The molecule has 0 aliphatic heterocycles. The summed E-state index contributed by atoms with van der Waals surface area (Å²) in [5.41, 5.74) is 0.955. The quantitative estimate of drug-likeness (QED) is 0.698. The highest BCUT2D eigenvalue weighted by Gasteiger charge is 1.99. The second-order valence-electron chi connectivity index (χ2n) is 2.31. The molecule has 0 bridgehead atoms. The van der Waals surface area contributed by atoms with Crippen LogP contribution in [0.5, 0.6) is 0 Å². The van der Waals surface area contributed by atoms with Crippen LogP contribution in [0.15, 0.2) is 24.4 Å². The van der Waals surface area contributed by atoms with Gasteiger partial charge in [0.1, 0.15) is 0 Å². The average molecular weight is 165 g/mol. The van der Waals surface area contributed by atoms with Crippen molar-refractivity contribution in [1.29, 1.82) is 0 Å². The fourth-order valence-corrected chi connectivity index (χ4v) is 1.78. The van der Waals surface area contributed by atoms with E-state index in [9.17, 15) is 0 Å². The van der Waals surface area contributed by atoms with E-state index in [1.54, 1.807) is 6.20 Å². The summed E-state index contributed by atoms with van der Waals surface area (Å²) in [5.74, 6) is 0. The van der Waals surface area contributed by atoms with Crippen molar-refractivity contribution in [3.05, 3.63) is 30.0 Å². The number of aromatic nitrogens is 1. The minimum atomic E-state index is 0.0930. The van der Waals surface area contributed by atoms with E-state index in [4.69, 9.17) is 5.11 Å². The Hall–Kier alpha value is -0.930. The Labute approximate surface area is 68.3 Å². The maximum absolute atomic E-state index is 8.93. The molecular formula is C8H7NOS. The highest BCUT2D eigenvalue weighted by atomic mass is 32.1. The predicted molar refractivity (Wildman–Crippen MR) is 45.5 cm³/mol. The molecule has 0 spiro atoms. The summed E-state index contributed by atoms with van der Waals surface area (Å²) in [4.78, 5) is 0. The van der Waals surface area contributed by atoms with Crippen molar-refractivity contribution in [1.82, 2.24) is 4.37 Å². The number of fused-ring (bicyclic) bond motifs is 1. The monoisotopic (exact) mass is 165 g/mol. The molecular weight excluding hydrogens is 158 g/mol. The molecule has 0 radical (unpaired) electrons. The van der Waals surface area contributed by atoms with E-state index < -0.39 is 0 Å². The first-order valence-electron chi connectivity index (χ1n) is 3.35. The molecule has 0 unspecified atom stereocenters. The zero-order valence-corrected chi connectivity index (χ0v) is 6.64. The second kappa shape index (κ2) is 2.60. The standard InChI is InChI=1S/C8H7NOS/c10-5-6-2-1-3-8-7(6)4-9-11-8/h1-4,10H,5H2. The Kier molecular flexibility index (Phi) is 1.60. The van der Waals surface area contributed by atoms with Crippen LogP contribution in [0.4, 0.5) is 0 Å². The lowest BCUT2D eigenvalue weighted by atomic mass is 10.1. The van der Waals surface area contributed by atoms with Crippen LogP contribution in [0.3, 0.4) is 0 Å². The summed E-state index contributed by atoms with van der Waals surface area (Å²) >= 11 is 1.46. The van der Waals surface area contributed by atoms with Crippen molar-refractivity contribution < 1.29 is 5.11 Å². The van der Waals surface area contributed by atoms with E-state index in [-0.39, 0.29) is 6.61 Å². The molecule has 2 nitrogen and oxygen atoms in total. The number of rotatable bonds is 1. The van der Waals surface area contributed by atoms with E-state index in [1.165, 1.54) is 11.5 Å². The second-order valence-corrected chi connectivity index (χ2v) is 3.15. The van der Waals surface area contributed by atoms with E-state index in [0.717, 1.165) is 15.6 Å². The summed E-state index contributed by atoms with van der Waals surface area (Å²) in [6, 6.07) is 5.86. The van der Waals surface area contributed by atoms with Crippen LogP contribution in [0.2, 0.25) is 0 Å². The molecule has 0 atom stereocenters. The van der Waals surface area contributed by atoms with Gasteiger partial charge in [0.05, 0.1) is 11.3 Å². The summed E-state index contributed by atoms with van der Waals surface area (Å²) in [7, 11) is 0. The van der Waals surface area contributed by atoms with E-state index >= 15 is 0 Å². The van der Waals surface area contributed by atoms with Crippen LogP contribution in [-0.4, -0.2) is 9.48 Å². The van der Waals surface area contributed by atoms with Crippen molar-refractivity contribution >= 4 is 21.6 Å². The molecule has 0 saturated heterocycles. The van der Waals surface area contributed by atoms with Crippen LogP contribution in [-0.2, 0) is 6.61 Å². The minimum absolute atomic E-state index is 0.0930. The third-order valence-electron chi connectivity index (χ3n) is 1.66. The SMILES string of the molecule is OCc1cccc2sncc12. The fourth-order valence-electron chi connectivity index (χ4n) is 1.09. The molecule has 2 rings (SSSR count). The third kappa shape index (κ3) is 1.02. The third-order valence-corrected chi connectivity index (χ3v) is 2.42. The molecule has 2 aromatic rings. The fraction of sp³-hybridized carbons (Fsp3) is 0.125. The van der Waals surface area contributed by atoms with Crippen LogP contribution >= 0.6 is 11.5 Å². The van der Waals surface area contributed by atoms with Gasteiger partial charge in [-0.1, -0.05) is 12.1 Å². The lowest BCUT2D eigenvalue weighted by molar-refractivity contribution is 0.283. The van der Waals surface area contributed by atoms with Gasteiger partial charge in [0.25, 0.3) is 0 Å². The zero-order valence-electron chi connectivity index (χ0n) is 5.82. The molecule has 0 aliphatic carbocycles. The molecule has 0 amide bonds. The molecule has 56 valence electrons. The van der Waals surface area contributed by atoms with Gasteiger partial charge in [0.15, 0.2) is 0 Å². The first kappa shape index (κ1) is 6.76.